The molecule has 1 atom stereocenters. The fraction of sp³-hybridized carbons (Fsp3) is 0.400. The molecule has 1 rings (SSSR count). The lowest BCUT2D eigenvalue weighted by molar-refractivity contribution is -0.00230. The van der Waals surface area contributed by atoms with Gasteiger partial charge >= 0.3 is 0 Å². The average Bonchev–Trinajstić information content (AvgIpc) is 2.18. The van der Waals surface area contributed by atoms with E-state index in [0.29, 0.717) is 5.56 Å². The van der Waals surface area contributed by atoms with Gasteiger partial charge in [-0.05, 0) is 18.1 Å². The molecule has 0 aliphatic rings. The highest BCUT2D eigenvalue weighted by molar-refractivity contribution is 5.26. The third-order valence-electron chi connectivity index (χ3n) is 2.07. The molecule has 0 unspecified atom stereocenters. The monoisotopic (exact) mass is 182 g/mol. The molecule has 1 aromatic rings. The summed E-state index contributed by atoms with van der Waals surface area (Å²) in [6, 6.07) is 6.84. The molecule has 0 radical (unpaired) electrons. The molecule has 13 heavy (non-hydrogen) atoms. The van der Waals surface area contributed by atoms with Gasteiger partial charge in [0, 0.05) is 0 Å². The Kier molecular flexibility index (Phi) is 3.03. The molecule has 3 nitrogen and oxygen atoms in total. The van der Waals surface area contributed by atoms with Gasteiger partial charge in [-0.25, -0.2) is 0 Å². The number of aliphatic hydroxyl groups is 3. The maximum atomic E-state index is 9.65. The maximum absolute atomic E-state index is 9.65. The SMILES string of the molecule is C[C@@](O)(CO)c1ccc(CO)cc1. The fourth-order valence-corrected chi connectivity index (χ4v) is 1.06. The maximum Gasteiger partial charge on any atom is 0.110 e. The summed E-state index contributed by atoms with van der Waals surface area (Å²) >= 11 is 0. The summed E-state index contributed by atoms with van der Waals surface area (Å²) < 4.78 is 0. The van der Waals surface area contributed by atoms with Crippen molar-refractivity contribution in [2.75, 3.05) is 6.61 Å². The minimum atomic E-state index is -1.20. The van der Waals surface area contributed by atoms with E-state index in [9.17, 15) is 5.11 Å². The van der Waals surface area contributed by atoms with Crippen molar-refractivity contribution in [2.24, 2.45) is 0 Å². The third kappa shape index (κ3) is 2.28. The first-order chi connectivity index (χ1) is 6.10. The highest BCUT2D eigenvalue weighted by atomic mass is 16.3. The van der Waals surface area contributed by atoms with E-state index in [1.165, 1.54) is 0 Å². The predicted molar refractivity (Wildman–Crippen MR) is 49.0 cm³/mol. The van der Waals surface area contributed by atoms with Gasteiger partial charge in [0.05, 0.1) is 13.2 Å². The summed E-state index contributed by atoms with van der Waals surface area (Å²) in [4.78, 5) is 0. The second-order valence-corrected chi connectivity index (χ2v) is 3.29. The van der Waals surface area contributed by atoms with E-state index >= 15 is 0 Å². The largest absolute Gasteiger partial charge is 0.393 e. The second-order valence-electron chi connectivity index (χ2n) is 3.29. The van der Waals surface area contributed by atoms with Gasteiger partial charge in [0.15, 0.2) is 0 Å². The number of aliphatic hydroxyl groups excluding tert-OH is 2. The van der Waals surface area contributed by atoms with Crippen molar-refractivity contribution in [3.05, 3.63) is 35.4 Å². The fourth-order valence-electron chi connectivity index (χ4n) is 1.06. The van der Waals surface area contributed by atoms with Gasteiger partial charge in [-0.15, -0.1) is 0 Å². The van der Waals surface area contributed by atoms with E-state index in [1.807, 2.05) is 0 Å². The normalized spacial score (nSPS) is 15.4. The zero-order valence-corrected chi connectivity index (χ0v) is 7.57. The van der Waals surface area contributed by atoms with E-state index < -0.39 is 5.60 Å². The first-order valence-corrected chi connectivity index (χ1v) is 4.13. The molecule has 0 spiro atoms. The van der Waals surface area contributed by atoms with Crippen LogP contribution in [0.4, 0.5) is 0 Å². The topological polar surface area (TPSA) is 60.7 Å². The summed E-state index contributed by atoms with van der Waals surface area (Å²) in [5.74, 6) is 0. The number of hydrogen-bond donors (Lipinski definition) is 3. The summed E-state index contributed by atoms with van der Waals surface area (Å²) in [7, 11) is 0. The minimum absolute atomic E-state index is 0.0124. The molecule has 0 aliphatic carbocycles. The molecular formula is C10H14O3. The number of hydrogen-bond acceptors (Lipinski definition) is 3. The Balaban J connectivity index is 2.92. The molecule has 1 aromatic carbocycles. The Morgan fingerprint density at radius 2 is 1.69 bits per heavy atom. The first kappa shape index (κ1) is 10.2. The minimum Gasteiger partial charge on any atom is -0.393 e. The second kappa shape index (κ2) is 3.87. The Bertz CT molecular complexity index is 264. The summed E-state index contributed by atoms with van der Waals surface area (Å²) in [5, 5.41) is 27.3. The van der Waals surface area contributed by atoms with Gasteiger partial charge in [-0.1, -0.05) is 24.3 Å². The van der Waals surface area contributed by atoms with Gasteiger partial charge < -0.3 is 15.3 Å². The third-order valence-corrected chi connectivity index (χ3v) is 2.07. The van der Waals surface area contributed by atoms with Crippen LogP contribution in [-0.2, 0) is 12.2 Å². The van der Waals surface area contributed by atoms with Crippen molar-refractivity contribution in [3.8, 4) is 0 Å². The van der Waals surface area contributed by atoms with Gasteiger partial charge in [0.1, 0.15) is 5.60 Å². The molecule has 0 aliphatic heterocycles. The van der Waals surface area contributed by atoms with Crippen molar-refractivity contribution < 1.29 is 15.3 Å². The first-order valence-electron chi connectivity index (χ1n) is 4.13. The van der Waals surface area contributed by atoms with E-state index in [4.69, 9.17) is 10.2 Å². The molecule has 3 heteroatoms. The van der Waals surface area contributed by atoms with Crippen LogP contribution in [0.2, 0.25) is 0 Å². The molecule has 0 heterocycles. The van der Waals surface area contributed by atoms with Crippen LogP contribution in [0.15, 0.2) is 24.3 Å². The molecule has 0 bridgehead atoms. The zero-order valence-electron chi connectivity index (χ0n) is 7.57. The number of benzene rings is 1. The van der Waals surface area contributed by atoms with Gasteiger partial charge in [0.2, 0.25) is 0 Å². The van der Waals surface area contributed by atoms with Gasteiger partial charge in [0.25, 0.3) is 0 Å². The van der Waals surface area contributed by atoms with Gasteiger partial charge in [-0.2, -0.15) is 0 Å². The van der Waals surface area contributed by atoms with Crippen LogP contribution >= 0.6 is 0 Å². The molecule has 3 N–H and O–H groups in total. The Morgan fingerprint density at radius 1 is 1.15 bits per heavy atom. The van der Waals surface area contributed by atoms with Crippen LogP contribution in [0.5, 0.6) is 0 Å². The highest BCUT2D eigenvalue weighted by Gasteiger charge is 2.21. The average molecular weight is 182 g/mol. The lowest BCUT2D eigenvalue weighted by atomic mass is 9.96. The highest BCUT2D eigenvalue weighted by Crippen LogP contribution is 2.19. The van der Waals surface area contributed by atoms with E-state index in [-0.39, 0.29) is 13.2 Å². The van der Waals surface area contributed by atoms with Crippen molar-refractivity contribution in [2.45, 2.75) is 19.1 Å². The molecule has 0 saturated carbocycles. The van der Waals surface area contributed by atoms with Crippen LogP contribution in [0.1, 0.15) is 18.1 Å². The quantitative estimate of drug-likeness (QED) is 0.633. The van der Waals surface area contributed by atoms with E-state index in [2.05, 4.69) is 0 Å². The summed E-state index contributed by atoms with van der Waals surface area (Å²) in [6.45, 7) is 1.22. The van der Waals surface area contributed by atoms with Crippen molar-refractivity contribution in [1.82, 2.24) is 0 Å². The van der Waals surface area contributed by atoms with Crippen LogP contribution in [0.25, 0.3) is 0 Å². The Morgan fingerprint density at radius 3 is 2.08 bits per heavy atom. The summed E-state index contributed by atoms with van der Waals surface area (Å²) in [6.07, 6.45) is 0. The van der Waals surface area contributed by atoms with Gasteiger partial charge in [-0.3, -0.25) is 0 Å². The van der Waals surface area contributed by atoms with Crippen LogP contribution < -0.4 is 0 Å². The lowest BCUT2D eigenvalue weighted by Crippen LogP contribution is -2.25. The van der Waals surface area contributed by atoms with Crippen molar-refractivity contribution in [3.63, 3.8) is 0 Å². The van der Waals surface area contributed by atoms with Crippen molar-refractivity contribution >= 4 is 0 Å². The lowest BCUT2D eigenvalue weighted by Gasteiger charge is -2.20. The molecular weight excluding hydrogens is 168 g/mol. The van der Waals surface area contributed by atoms with Crippen LogP contribution in [0.3, 0.4) is 0 Å². The van der Waals surface area contributed by atoms with Crippen molar-refractivity contribution in [1.29, 1.82) is 0 Å². The summed E-state index contributed by atoms with van der Waals surface area (Å²) in [5.41, 5.74) is 0.234. The molecule has 0 saturated heterocycles. The molecule has 0 amide bonds. The Hall–Kier alpha value is -0.900. The van der Waals surface area contributed by atoms with Crippen LogP contribution in [-0.4, -0.2) is 21.9 Å². The molecule has 0 aromatic heterocycles. The Labute approximate surface area is 77.3 Å². The standard InChI is InChI=1S/C10H14O3/c1-10(13,7-12)9-4-2-8(6-11)3-5-9/h2-5,11-13H,6-7H2,1H3/t10-/m1/s1. The molecule has 0 fully saturated rings. The molecule has 72 valence electrons. The zero-order chi connectivity index (χ0) is 9.90. The van der Waals surface area contributed by atoms with Crippen LogP contribution in [0, 0.1) is 0 Å². The van der Waals surface area contributed by atoms with E-state index in [0.717, 1.165) is 5.56 Å². The smallest absolute Gasteiger partial charge is 0.110 e. The number of rotatable bonds is 3. The van der Waals surface area contributed by atoms with E-state index in [1.54, 1.807) is 31.2 Å². The predicted octanol–water partition coefficient (Wildman–Crippen LogP) is 0.379.